The van der Waals surface area contributed by atoms with Crippen LogP contribution in [0.5, 0.6) is 0 Å². The number of benzene rings is 2. The Morgan fingerprint density at radius 1 is 1.11 bits per heavy atom. The number of carbonyl (C=O) groups excluding carboxylic acids is 1. The predicted octanol–water partition coefficient (Wildman–Crippen LogP) is 3.82. The lowest BCUT2D eigenvalue weighted by Gasteiger charge is -2.30. The van der Waals surface area contributed by atoms with Crippen molar-refractivity contribution in [2.75, 3.05) is 13.1 Å². The Kier molecular flexibility index (Phi) is 4.60. The maximum absolute atomic E-state index is 12.9. The quantitative estimate of drug-likeness (QED) is 0.710. The second-order valence-electron chi connectivity index (χ2n) is 7.60. The number of aromatic nitrogens is 1. The summed E-state index contributed by atoms with van der Waals surface area (Å²) in [6.07, 6.45) is 2.08. The minimum absolute atomic E-state index is 0.0272. The molecule has 0 bridgehead atoms. The lowest BCUT2D eigenvalue weighted by atomic mass is 9.98. The number of rotatable bonds is 3. The topological polar surface area (TPSA) is 55.5 Å². The van der Waals surface area contributed by atoms with Crippen LogP contribution < -0.4 is 5.76 Å². The summed E-state index contributed by atoms with van der Waals surface area (Å²) in [5.41, 5.74) is 3.97. The molecule has 0 unspecified atom stereocenters. The van der Waals surface area contributed by atoms with Crippen molar-refractivity contribution in [1.29, 1.82) is 0 Å². The lowest BCUT2D eigenvalue weighted by molar-refractivity contribution is 0.0697. The number of aryl methyl sites for hydroxylation is 1. The fraction of sp³-hybridized carbons (Fsp3) is 0.364. The van der Waals surface area contributed by atoms with Crippen LogP contribution in [0.25, 0.3) is 11.1 Å². The Hall–Kier alpha value is -2.82. The SMILES string of the molecule is Cc1ccc(Cn2c(=O)oc3ccc(C(=O)N4CCC(C)CC4)cc32)cc1. The molecule has 1 aromatic heterocycles. The van der Waals surface area contributed by atoms with Crippen molar-refractivity contribution in [3.8, 4) is 0 Å². The molecule has 1 saturated heterocycles. The third-order valence-corrected chi connectivity index (χ3v) is 5.45. The molecule has 1 aliphatic heterocycles. The van der Waals surface area contributed by atoms with E-state index in [2.05, 4.69) is 6.92 Å². The van der Waals surface area contributed by atoms with Crippen LogP contribution in [0.15, 0.2) is 51.7 Å². The first-order chi connectivity index (χ1) is 13.0. The van der Waals surface area contributed by atoms with Gasteiger partial charge in [-0.2, -0.15) is 0 Å². The van der Waals surface area contributed by atoms with Crippen molar-refractivity contribution in [3.05, 3.63) is 69.7 Å². The second kappa shape index (κ2) is 7.06. The van der Waals surface area contributed by atoms with E-state index in [-0.39, 0.29) is 5.91 Å². The summed E-state index contributed by atoms with van der Waals surface area (Å²) in [6.45, 7) is 6.26. The number of oxazole rings is 1. The second-order valence-corrected chi connectivity index (χ2v) is 7.60. The van der Waals surface area contributed by atoms with Crippen LogP contribution in [0.4, 0.5) is 0 Å². The molecule has 5 nitrogen and oxygen atoms in total. The largest absolute Gasteiger partial charge is 0.420 e. The smallest absolute Gasteiger partial charge is 0.408 e. The highest BCUT2D eigenvalue weighted by Gasteiger charge is 2.22. The Bertz CT molecular complexity index is 1020. The van der Waals surface area contributed by atoms with E-state index in [1.54, 1.807) is 22.8 Å². The first kappa shape index (κ1) is 17.6. The van der Waals surface area contributed by atoms with Gasteiger partial charge < -0.3 is 9.32 Å². The van der Waals surface area contributed by atoms with Gasteiger partial charge in [0.2, 0.25) is 0 Å². The van der Waals surface area contributed by atoms with Crippen LogP contribution >= 0.6 is 0 Å². The number of amides is 1. The molecule has 1 aliphatic rings. The van der Waals surface area contributed by atoms with Crippen LogP contribution in [0.3, 0.4) is 0 Å². The van der Waals surface area contributed by atoms with E-state index < -0.39 is 5.76 Å². The monoisotopic (exact) mass is 364 g/mol. The predicted molar refractivity (Wildman–Crippen MR) is 105 cm³/mol. The summed E-state index contributed by atoms with van der Waals surface area (Å²) in [6, 6.07) is 13.3. The van der Waals surface area contributed by atoms with Gasteiger partial charge in [-0.05, 0) is 49.4 Å². The molecule has 3 aromatic rings. The summed E-state index contributed by atoms with van der Waals surface area (Å²) in [4.78, 5) is 27.1. The highest BCUT2D eigenvalue weighted by molar-refractivity contribution is 5.97. The number of fused-ring (bicyclic) bond motifs is 1. The first-order valence-electron chi connectivity index (χ1n) is 9.49. The zero-order valence-electron chi connectivity index (χ0n) is 15.8. The van der Waals surface area contributed by atoms with Crippen molar-refractivity contribution >= 4 is 17.0 Å². The highest BCUT2D eigenvalue weighted by Crippen LogP contribution is 2.21. The molecule has 2 heterocycles. The molecule has 140 valence electrons. The fourth-order valence-corrected chi connectivity index (χ4v) is 3.62. The van der Waals surface area contributed by atoms with E-state index >= 15 is 0 Å². The molecule has 0 atom stereocenters. The molecule has 4 rings (SSSR count). The van der Waals surface area contributed by atoms with Crippen molar-refractivity contribution in [1.82, 2.24) is 9.47 Å². The van der Waals surface area contributed by atoms with Gasteiger partial charge in [-0.15, -0.1) is 0 Å². The van der Waals surface area contributed by atoms with Crippen molar-refractivity contribution in [2.45, 2.75) is 33.2 Å². The standard InChI is InChI=1S/C22H24N2O3/c1-15-3-5-17(6-4-15)14-24-19-13-18(7-8-20(19)27-22(24)26)21(25)23-11-9-16(2)10-12-23/h3-8,13,16H,9-12,14H2,1-2H3. The van der Waals surface area contributed by atoms with E-state index in [1.165, 1.54) is 5.56 Å². The number of likely N-dealkylation sites (tertiary alicyclic amines) is 1. The van der Waals surface area contributed by atoms with E-state index in [4.69, 9.17) is 4.42 Å². The van der Waals surface area contributed by atoms with E-state index in [9.17, 15) is 9.59 Å². The molecule has 0 spiro atoms. The molecule has 0 saturated carbocycles. The third kappa shape index (κ3) is 3.54. The molecular formula is C22H24N2O3. The molecule has 0 radical (unpaired) electrons. The van der Waals surface area contributed by atoms with Crippen molar-refractivity contribution in [3.63, 3.8) is 0 Å². The maximum Gasteiger partial charge on any atom is 0.420 e. The highest BCUT2D eigenvalue weighted by atomic mass is 16.4. The van der Waals surface area contributed by atoms with Gasteiger partial charge in [-0.25, -0.2) is 4.79 Å². The molecule has 27 heavy (non-hydrogen) atoms. The maximum atomic E-state index is 12.9. The van der Waals surface area contributed by atoms with Crippen molar-refractivity contribution in [2.24, 2.45) is 5.92 Å². The summed E-state index contributed by atoms with van der Waals surface area (Å²) in [5.74, 6) is 0.298. The Labute approximate surface area is 158 Å². The Morgan fingerprint density at radius 2 is 1.81 bits per heavy atom. The van der Waals surface area contributed by atoms with Crippen LogP contribution in [0.2, 0.25) is 0 Å². The van der Waals surface area contributed by atoms with E-state index in [0.717, 1.165) is 31.5 Å². The zero-order chi connectivity index (χ0) is 19.0. The van der Waals surface area contributed by atoms with Gasteiger partial charge in [0.1, 0.15) is 0 Å². The summed E-state index contributed by atoms with van der Waals surface area (Å²) in [7, 11) is 0. The molecule has 1 amide bonds. The third-order valence-electron chi connectivity index (χ3n) is 5.45. The van der Waals surface area contributed by atoms with Gasteiger partial charge in [-0.3, -0.25) is 9.36 Å². The summed E-state index contributed by atoms with van der Waals surface area (Å²) < 4.78 is 6.96. The van der Waals surface area contributed by atoms with Gasteiger partial charge in [0.05, 0.1) is 12.1 Å². The van der Waals surface area contributed by atoms with Crippen LogP contribution in [-0.2, 0) is 6.54 Å². The molecular weight excluding hydrogens is 340 g/mol. The molecule has 0 N–H and O–H groups in total. The average Bonchev–Trinajstić information content (AvgIpc) is 2.98. The lowest BCUT2D eigenvalue weighted by Crippen LogP contribution is -2.37. The van der Waals surface area contributed by atoms with E-state index in [0.29, 0.717) is 29.1 Å². The molecule has 0 aliphatic carbocycles. The average molecular weight is 364 g/mol. The van der Waals surface area contributed by atoms with Crippen molar-refractivity contribution < 1.29 is 9.21 Å². The minimum atomic E-state index is -0.401. The number of hydrogen-bond acceptors (Lipinski definition) is 3. The number of piperidine rings is 1. The van der Waals surface area contributed by atoms with Gasteiger partial charge in [-0.1, -0.05) is 36.8 Å². The number of hydrogen-bond donors (Lipinski definition) is 0. The first-order valence-corrected chi connectivity index (χ1v) is 9.49. The van der Waals surface area contributed by atoms with Crippen LogP contribution in [0, 0.1) is 12.8 Å². The zero-order valence-corrected chi connectivity index (χ0v) is 15.8. The molecule has 5 heteroatoms. The van der Waals surface area contributed by atoms with Gasteiger partial charge in [0, 0.05) is 18.7 Å². The van der Waals surface area contributed by atoms with Crippen LogP contribution in [-0.4, -0.2) is 28.5 Å². The summed E-state index contributed by atoms with van der Waals surface area (Å²) in [5, 5.41) is 0. The van der Waals surface area contributed by atoms with Gasteiger partial charge in [0.25, 0.3) is 5.91 Å². The van der Waals surface area contributed by atoms with E-state index in [1.807, 2.05) is 36.1 Å². The Balaban J connectivity index is 1.66. The Morgan fingerprint density at radius 3 is 2.52 bits per heavy atom. The molecule has 1 fully saturated rings. The molecule has 2 aromatic carbocycles. The normalized spacial score (nSPS) is 15.4. The fourth-order valence-electron chi connectivity index (χ4n) is 3.62. The van der Waals surface area contributed by atoms with Gasteiger partial charge >= 0.3 is 5.76 Å². The summed E-state index contributed by atoms with van der Waals surface area (Å²) >= 11 is 0. The number of nitrogens with zero attached hydrogens (tertiary/aromatic N) is 2. The minimum Gasteiger partial charge on any atom is -0.408 e. The van der Waals surface area contributed by atoms with Crippen LogP contribution in [0.1, 0.15) is 41.3 Å². The van der Waals surface area contributed by atoms with Gasteiger partial charge in [0.15, 0.2) is 5.58 Å². The number of carbonyl (C=O) groups is 1.